The number of guanidine groups is 1. The van der Waals surface area contributed by atoms with Gasteiger partial charge >= 0.3 is 5.97 Å². The van der Waals surface area contributed by atoms with Crippen molar-refractivity contribution in [2.45, 2.75) is 46.6 Å². The molecule has 146 valence electrons. The monoisotopic (exact) mass is 363 g/mol. The Morgan fingerprint density at radius 3 is 2.46 bits per heavy atom. The number of nitrogens with one attached hydrogen (secondary N) is 2. The lowest BCUT2D eigenvalue weighted by molar-refractivity contribution is 0.0526. The Morgan fingerprint density at radius 1 is 1.15 bits per heavy atom. The van der Waals surface area contributed by atoms with E-state index < -0.39 is 0 Å². The topological polar surface area (TPSA) is 83.0 Å². The van der Waals surface area contributed by atoms with Gasteiger partial charge in [-0.2, -0.15) is 0 Å². The first-order chi connectivity index (χ1) is 12.6. The molecule has 3 N–H and O–H groups in total. The number of aliphatic hydroxyl groups is 1. The summed E-state index contributed by atoms with van der Waals surface area (Å²) in [7, 11) is 0. The van der Waals surface area contributed by atoms with E-state index in [-0.39, 0.29) is 12.6 Å². The average molecular weight is 364 g/mol. The Morgan fingerprint density at radius 2 is 1.88 bits per heavy atom. The number of rotatable bonds is 11. The molecule has 6 heteroatoms. The lowest BCUT2D eigenvalue weighted by atomic mass is 10.0. The van der Waals surface area contributed by atoms with Crippen molar-refractivity contribution in [1.82, 2.24) is 10.6 Å². The predicted molar refractivity (Wildman–Crippen MR) is 105 cm³/mol. The molecule has 0 fully saturated rings. The van der Waals surface area contributed by atoms with Gasteiger partial charge in [0, 0.05) is 19.7 Å². The van der Waals surface area contributed by atoms with Gasteiger partial charge in [0.2, 0.25) is 0 Å². The van der Waals surface area contributed by atoms with Gasteiger partial charge in [-0.05, 0) is 50.3 Å². The number of benzene rings is 1. The van der Waals surface area contributed by atoms with Crippen molar-refractivity contribution in [3.05, 3.63) is 35.4 Å². The molecule has 1 rings (SSSR count). The van der Waals surface area contributed by atoms with E-state index in [0.29, 0.717) is 24.6 Å². The summed E-state index contributed by atoms with van der Waals surface area (Å²) < 4.78 is 4.99. The molecule has 26 heavy (non-hydrogen) atoms. The second kappa shape index (κ2) is 13.2. The molecule has 0 aromatic heterocycles. The molecule has 0 bridgehead atoms. The van der Waals surface area contributed by atoms with Gasteiger partial charge in [-0.25, -0.2) is 9.79 Å². The van der Waals surface area contributed by atoms with Crippen LogP contribution < -0.4 is 10.6 Å². The highest BCUT2D eigenvalue weighted by Crippen LogP contribution is 2.10. The van der Waals surface area contributed by atoms with Crippen LogP contribution in [0.15, 0.2) is 29.3 Å². The van der Waals surface area contributed by atoms with Gasteiger partial charge in [0.15, 0.2) is 5.96 Å². The van der Waals surface area contributed by atoms with Gasteiger partial charge in [0.05, 0.1) is 18.7 Å². The maximum absolute atomic E-state index is 11.7. The highest BCUT2D eigenvalue weighted by atomic mass is 16.5. The van der Waals surface area contributed by atoms with Gasteiger partial charge in [-0.1, -0.05) is 25.5 Å². The lowest BCUT2D eigenvalue weighted by Crippen LogP contribution is -2.40. The molecule has 6 nitrogen and oxygen atoms in total. The summed E-state index contributed by atoms with van der Waals surface area (Å²) in [6.45, 7) is 8.67. The third kappa shape index (κ3) is 8.34. The summed E-state index contributed by atoms with van der Waals surface area (Å²) >= 11 is 0. The molecule has 0 spiro atoms. The smallest absolute Gasteiger partial charge is 0.338 e. The van der Waals surface area contributed by atoms with E-state index in [1.807, 2.05) is 19.1 Å². The normalized spacial score (nSPS) is 12.5. The fourth-order valence-electron chi connectivity index (χ4n) is 2.65. The zero-order valence-electron chi connectivity index (χ0n) is 16.3. The van der Waals surface area contributed by atoms with Crippen LogP contribution in [0.2, 0.25) is 0 Å². The third-order valence-corrected chi connectivity index (χ3v) is 4.02. The minimum absolute atomic E-state index is 0.215. The maximum Gasteiger partial charge on any atom is 0.338 e. The van der Waals surface area contributed by atoms with Crippen LogP contribution in [-0.4, -0.2) is 43.3 Å². The molecule has 0 amide bonds. The van der Waals surface area contributed by atoms with Crippen molar-refractivity contribution in [2.75, 3.05) is 26.3 Å². The van der Waals surface area contributed by atoms with E-state index in [9.17, 15) is 9.90 Å². The largest absolute Gasteiger partial charge is 0.462 e. The minimum Gasteiger partial charge on any atom is -0.462 e. The molecular weight excluding hydrogens is 330 g/mol. The molecular formula is C20H33N3O3. The van der Waals surface area contributed by atoms with Crippen molar-refractivity contribution in [1.29, 1.82) is 0 Å². The molecule has 0 radical (unpaired) electrons. The minimum atomic E-state index is -0.302. The van der Waals surface area contributed by atoms with Gasteiger partial charge in [0.1, 0.15) is 0 Å². The van der Waals surface area contributed by atoms with Crippen molar-refractivity contribution in [3.8, 4) is 0 Å². The quantitative estimate of drug-likeness (QED) is 0.320. The zero-order valence-corrected chi connectivity index (χ0v) is 16.3. The molecule has 0 aliphatic carbocycles. The standard InChI is InChI=1S/C20H33N3O3/c1-4-7-16(12-13-24)14-22-20(21-5-2)23-15-17-8-10-18(11-9-17)19(25)26-6-3/h8-11,16,24H,4-7,12-15H2,1-3H3,(H2,21,22,23). The van der Waals surface area contributed by atoms with Crippen molar-refractivity contribution >= 4 is 11.9 Å². The number of aliphatic imine (C=N–C) groups is 1. The molecule has 1 atom stereocenters. The Hall–Kier alpha value is -2.08. The van der Waals surface area contributed by atoms with E-state index in [2.05, 4.69) is 22.5 Å². The second-order valence-electron chi connectivity index (χ2n) is 6.16. The Balaban J connectivity index is 2.63. The molecule has 0 aliphatic rings. The fourth-order valence-corrected chi connectivity index (χ4v) is 2.65. The summed E-state index contributed by atoms with van der Waals surface area (Å²) in [6.07, 6.45) is 2.99. The summed E-state index contributed by atoms with van der Waals surface area (Å²) in [5.74, 6) is 0.905. The van der Waals surface area contributed by atoms with Crippen molar-refractivity contribution in [3.63, 3.8) is 0 Å². The van der Waals surface area contributed by atoms with Gasteiger partial charge < -0.3 is 20.5 Å². The number of carbonyl (C=O) groups is 1. The van der Waals surface area contributed by atoms with Crippen molar-refractivity contribution < 1.29 is 14.6 Å². The highest BCUT2D eigenvalue weighted by Gasteiger charge is 2.09. The predicted octanol–water partition coefficient (Wildman–Crippen LogP) is 2.72. The molecule has 1 unspecified atom stereocenters. The number of hydrogen-bond acceptors (Lipinski definition) is 4. The number of esters is 1. The highest BCUT2D eigenvalue weighted by molar-refractivity contribution is 5.89. The first kappa shape index (κ1) is 22.0. The maximum atomic E-state index is 11.7. The van der Waals surface area contributed by atoms with Crippen LogP contribution in [0.5, 0.6) is 0 Å². The van der Waals surface area contributed by atoms with Crippen LogP contribution in [0.4, 0.5) is 0 Å². The van der Waals surface area contributed by atoms with E-state index in [0.717, 1.165) is 43.9 Å². The van der Waals surface area contributed by atoms with Crippen LogP contribution in [0.1, 0.15) is 56.0 Å². The summed E-state index contributed by atoms with van der Waals surface area (Å²) in [5.41, 5.74) is 1.58. The third-order valence-electron chi connectivity index (χ3n) is 4.02. The molecule has 1 aromatic rings. The molecule has 0 saturated carbocycles. The molecule has 1 aromatic carbocycles. The SMILES string of the molecule is CCCC(CCO)CNC(=NCc1ccc(C(=O)OCC)cc1)NCC. The lowest BCUT2D eigenvalue weighted by Gasteiger charge is -2.18. The first-order valence-corrected chi connectivity index (χ1v) is 9.53. The average Bonchev–Trinajstić information content (AvgIpc) is 2.65. The number of hydrogen-bond donors (Lipinski definition) is 3. The van der Waals surface area contributed by atoms with E-state index in [4.69, 9.17) is 4.74 Å². The van der Waals surface area contributed by atoms with E-state index in [1.165, 1.54) is 0 Å². The Bertz CT molecular complexity index is 538. The first-order valence-electron chi connectivity index (χ1n) is 9.53. The number of nitrogens with zero attached hydrogens (tertiary/aromatic N) is 1. The van der Waals surface area contributed by atoms with Crippen LogP contribution in [0.25, 0.3) is 0 Å². The van der Waals surface area contributed by atoms with Crippen LogP contribution in [-0.2, 0) is 11.3 Å². The summed E-state index contributed by atoms with van der Waals surface area (Å²) in [6, 6.07) is 7.32. The zero-order chi connectivity index (χ0) is 19.2. The second-order valence-corrected chi connectivity index (χ2v) is 6.16. The molecule has 0 heterocycles. The van der Waals surface area contributed by atoms with Crippen LogP contribution >= 0.6 is 0 Å². The Kier molecular flexibility index (Phi) is 11.1. The van der Waals surface area contributed by atoms with E-state index >= 15 is 0 Å². The summed E-state index contributed by atoms with van der Waals surface area (Å²) in [5, 5.41) is 15.8. The summed E-state index contributed by atoms with van der Waals surface area (Å²) in [4.78, 5) is 16.3. The van der Waals surface area contributed by atoms with Gasteiger partial charge in [0.25, 0.3) is 0 Å². The van der Waals surface area contributed by atoms with Crippen LogP contribution in [0, 0.1) is 5.92 Å². The van der Waals surface area contributed by atoms with Crippen molar-refractivity contribution in [2.24, 2.45) is 10.9 Å². The number of aliphatic hydroxyl groups excluding tert-OH is 1. The molecule has 0 aliphatic heterocycles. The molecule has 0 saturated heterocycles. The van der Waals surface area contributed by atoms with E-state index in [1.54, 1.807) is 19.1 Å². The number of ether oxygens (including phenoxy) is 1. The van der Waals surface area contributed by atoms with Gasteiger partial charge in [-0.15, -0.1) is 0 Å². The number of carbonyl (C=O) groups excluding carboxylic acids is 1. The van der Waals surface area contributed by atoms with Gasteiger partial charge in [-0.3, -0.25) is 0 Å². The Labute approximate surface area is 157 Å². The van der Waals surface area contributed by atoms with Crippen LogP contribution in [0.3, 0.4) is 0 Å². The fraction of sp³-hybridized carbons (Fsp3) is 0.600.